The van der Waals surface area contributed by atoms with E-state index in [1.165, 1.54) is 91.5 Å². The first-order valence-corrected chi connectivity index (χ1v) is 25.0. The normalized spacial score (nSPS) is 14.1. The van der Waals surface area contributed by atoms with Gasteiger partial charge in [-0.25, -0.2) is 14.5 Å². The van der Waals surface area contributed by atoms with Crippen molar-refractivity contribution >= 4 is 49.4 Å². The van der Waals surface area contributed by atoms with E-state index < -0.39 is 27.9 Å². The zero-order valence-corrected chi connectivity index (χ0v) is 39.5. The largest absolute Gasteiger partial charge is 0.777 e. The molecule has 4 aromatic heterocycles. The average molecular weight is 940 g/mol. The third kappa shape index (κ3) is 20.1. The third-order valence-corrected chi connectivity index (χ3v) is 10.7. The molecule has 22 nitrogen and oxygen atoms in total. The Morgan fingerprint density at radius 3 is 1.58 bits per heavy atom. The molecule has 1 aromatic carbocycles. The van der Waals surface area contributed by atoms with Crippen LogP contribution in [-0.4, -0.2) is 122 Å². The number of methoxy groups -OCH3 is 2. The van der Waals surface area contributed by atoms with Crippen LogP contribution in [0.25, 0.3) is 22.3 Å². The van der Waals surface area contributed by atoms with Crippen LogP contribution in [0.2, 0.25) is 0 Å². The Bertz CT molecular complexity index is 2130. The van der Waals surface area contributed by atoms with Gasteiger partial charge in [-0.1, -0.05) is 58.2 Å². The van der Waals surface area contributed by atoms with Crippen LogP contribution < -0.4 is 35.3 Å². The molecule has 1 fully saturated rings. The SMILES string of the molecule is C1CCOC1.CCCC[NH+](CCCC)CCCC.COc1nc(N)nc2c1ncn2CCOCP(=O)(O)Oc1ccccc1.COc1nc(N)nc2c1ncn2CCOCP(=O)([O-])O. The number of imidazole rings is 2. The summed E-state index contributed by atoms with van der Waals surface area (Å²) in [4.78, 5) is 55.0. The van der Waals surface area contributed by atoms with Crippen LogP contribution in [0.5, 0.6) is 17.5 Å². The number of anilines is 2. The van der Waals surface area contributed by atoms with Crippen molar-refractivity contribution in [3.8, 4) is 17.5 Å². The lowest BCUT2D eigenvalue weighted by Crippen LogP contribution is -3.12. The number of fused-ring (bicyclic) bond motifs is 2. The molecular formula is C40H67N11O11P2. The van der Waals surface area contributed by atoms with E-state index in [-0.39, 0.29) is 43.4 Å². The maximum Gasteiger partial charge on any atom is 0.402 e. The van der Waals surface area contributed by atoms with Crippen molar-refractivity contribution < 1.29 is 56.9 Å². The van der Waals surface area contributed by atoms with Gasteiger partial charge in [-0.2, -0.15) is 19.9 Å². The fraction of sp³-hybridized carbons (Fsp3) is 0.600. The minimum atomic E-state index is -4.40. The molecule has 0 radical (unpaired) electrons. The van der Waals surface area contributed by atoms with Crippen LogP contribution in [0.1, 0.15) is 72.1 Å². The maximum atomic E-state index is 12.0. The second-order valence-electron chi connectivity index (χ2n) is 14.5. The van der Waals surface area contributed by atoms with Gasteiger partial charge in [0.25, 0.3) is 0 Å². The number of hydrogen-bond donors (Lipinski definition) is 5. The Morgan fingerprint density at radius 2 is 1.19 bits per heavy atom. The van der Waals surface area contributed by atoms with Gasteiger partial charge >= 0.3 is 7.60 Å². The van der Waals surface area contributed by atoms with Crippen molar-refractivity contribution in [2.45, 2.75) is 85.2 Å². The van der Waals surface area contributed by atoms with Gasteiger partial charge in [-0.15, -0.1) is 0 Å². The first kappa shape index (κ1) is 53.8. The van der Waals surface area contributed by atoms with Gasteiger partial charge in [0.05, 0.1) is 59.7 Å². The van der Waals surface area contributed by atoms with E-state index in [1.807, 2.05) is 4.90 Å². The van der Waals surface area contributed by atoms with Crippen molar-refractivity contribution in [3.63, 3.8) is 0 Å². The van der Waals surface area contributed by atoms with Crippen LogP contribution in [0.4, 0.5) is 11.9 Å². The molecule has 0 bridgehead atoms. The Labute approximate surface area is 374 Å². The molecule has 64 heavy (non-hydrogen) atoms. The van der Waals surface area contributed by atoms with Crippen LogP contribution in [0.15, 0.2) is 43.0 Å². The number of nitrogens with one attached hydrogen (secondary N) is 1. The highest BCUT2D eigenvalue weighted by Gasteiger charge is 2.22. The maximum absolute atomic E-state index is 12.0. The number of benzene rings is 1. The molecule has 1 aliphatic heterocycles. The van der Waals surface area contributed by atoms with Gasteiger partial charge in [0.2, 0.25) is 23.7 Å². The Kier molecular flexibility index (Phi) is 24.5. The van der Waals surface area contributed by atoms with E-state index in [0.717, 1.165) is 13.2 Å². The molecule has 2 atom stereocenters. The topological polar surface area (TPSA) is 297 Å². The minimum Gasteiger partial charge on any atom is -0.777 e. The van der Waals surface area contributed by atoms with Crippen molar-refractivity contribution in [1.29, 1.82) is 0 Å². The zero-order valence-electron chi connectivity index (χ0n) is 37.7. The predicted octanol–water partition coefficient (Wildman–Crippen LogP) is 3.66. The number of ether oxygens (including phenoxy) is 5. The summed E-state index contributed by atoms with van der Waals surface area (Å²) >= 11 is 0. The van der Waals surface area contributed by atoms with Gasteiger partial charge in [0.15, 0.2) is 36.3 Å². The molecule has 6 rings (SSSR count). The highest BCUT2D eigenvalue weighted by atomic mass is 31.2. The van der Waals surface area contributed by atoms with Gasteiger partial charge in [0, 0.05) is 26.3 Å². The molecular weight excluding hydrogens is 872 g/mol. The Morgan fingerprint density at radius 1 is 0.734 bits per heavy atom. The standard InChI is InChI=1S/C15H18N5O5P.C12H27N.C9H14N5O5P.C4H8O/c1-23-14-12-13(18-15(16)19-14)20(9-17-12)7-8-24-10-26(21,22)25-11-5-3-2-4-6-11;1-4-7-10-13(11-8-5-2)12-9-6-3;1-18-8-6-7(12-9(10)13-8)14(4-11-6)2-3-19-5-20(15,16)17;1-2-4-5-3-1/h2-6,9H,7-8,10H2,1H3,(H,21,22)(H2,16,18,19);4-12H2,1-3H3;4H,2-3,5H2,1H3,(H2,10,12,13)(H2,15,16,17);1-4H2. The minimum absolute atomic E-state index is 0.0384. The van der Waals surface area contributed by atoms with E-state index >= 15 is 0 Å². The Balaban J connectivity index is 0.000000253. The third-order valence-electron chi connectivity index (χ3n) is 9.22. The summed E-state index contributed by atoms with van der Waals surface area (Å²) in [5.41, 5.74) is 13.1. The summed E-state index contributed by atoms with van der Waals surface area (Å²) in [7, 11) is -5.40. The number of unbranched alkanes of at least 4 members (excludes halogenated alkanes) is 3. The molecule has 1 aliphatic rings. The lowest BCUT2D eigenvalue weighted by Gasteiger charge is -2.18. The smallest absolute Gasteiger partial charge is 0.402 e. The summed E-state index contributed by atoms with van der Waals surface area (Å²) in [5.74, 6) is 0.946. The van der Waals surface area contributed by atoms with Crippen molar-refractivity contribution in [3.05, 3.63) is 43.0 Å². The fourth-order valence-electron chi connectivity index (χ4n) is 6.00. The quantitative estimate of drug-likeness (QED) is 0.0461. The summed E-state index contributed by atoms with van der Waals surface area (Å²) in [6.07, 6.45) is 12.7. The van der Waals surface area contributed by atoms with Gasteiger partial charge in [0.1, 0.15) is 12.1 Å². The molecule has 5 heterocycles. The van der Waals surface area contributed by atoms with Crippen LogP contribution in [-0.2, 0) is 36.4 Å². The lowest BCUT2D eigenvalue weighted by atomic mass is 10.2. The number of aromatic nitrogens is 8. The number of hydrogen-bond acceptors (Lipinski definition) is 17. The lowest BCUT2D eigenvalue weighted by molar-refractivity contribution is -0.900. The van der Waals surface area contributed by atoms with Crippen molar-refractivity contribution in [2.24, 2.45) is 0 Å². The number of nitrogens with zero attached hydrogens (tertiary/aromatic N) is 8. The van der Waals surface area contributed by atoms with E-state index in [9.17, 15) is 18.9 Å². The molecule has 2 unspecified atom stereocenters. The molecule has 0 spiro atoms. The molecule has 0 aliphatic carbocycles. The van der Waals surface area contributed by atoms with Gasteiger partial charge in [-0.3, -0.25) is 0 Å². The highest BCUT2D eigenvalue weighted by Crippen LogP contribution is 2.42. The number of para-hydroxylation sites is 1. The molecule has 5 aromatic rings. The van der Waals surface area contributed by atoms with Gasteiger partial charge in [-0.05, 0) is 44.2 Å². The Hall–Kier alpha value is -4.50. The molecule has 24 heteroatoms. The number of quaternary nitrogens is 1. The van der Waals surface area contributed by atoms with E-state index in [0.29, 0.717) is 34.6 Å². The van der Waals surface area contributed by atoms with Crippen LogP contribution in [0.3, 0.4) is 0 Å². The first-order chi connectivity index (χ1) is 30.7. The predicted molar refractivity (Wildman–Crippen MR) is 241 cm³/mol. The van der Waals surface area contributed by atoms with Crippen molar-refractivity contribution in [2.75, 3.05) is 84.4 Å². The number of nitrogen functional groups attached to an aromatic ring is 2. The molecule has 0 amide bonds. The first-order valence-electron chi connectivity index (χ1n) is 21.4. The van der Waals surface area contributed by atoms with Crippen molar-refractivity contribution in [1.82, 2.24) is 39.0 Å². The summed E-state index contributed by atoms with van der Waals surface area (Å²) in [6.45, 7) is 13.9. The summed E-state index contributed by atoms with van der Waals surface area (Å²) in [5, 5.41) is 0. The second kappa shape index (κ2) is 29.1. The number of nitrogens with two attached hydrogens (primary N) is 2. The summed E-state index contributed by atoms with van der Waals surface area (Å²) in [6, 6.07) is 8.40. The van der Waals surface area contributed by atoms with Crippen LogP contribution >= 0.6 is 15.2 Å². The van der Waals surface area contributed by atoms with E-state index in [4.69, 9.17) is 44.6 Å². The fourth-order valence-corrected chi connectivity index (χ4v) is 7.23. The van der Waals surface area contributed by atoms with Gasteiger partial charge < -0.3 is 73.0 Å². The van der Waals surface area contributed by atoms with Crippen LogP contribution in [0, 0.1) is 0 Å². The molecule has 7 N–H and O–H groups in total. The zero-order chi connectivity index (χ0) is 46.8. The number of rotatable bonds is 23. The van der Waals surface area contributed by atoms with E-state index in [2.05, 4.69) is 50.7 Å². The molecule has 358 valence electrons. The molecule has 0 saturated carbocycles. The molecule has 1 saturated heterocycles. The average Bonchev–Trinajstić information content (AvgIpc) is 4.07. The monoisotopic (exact) mass is 939 g/mol. The second-order valence-corrected chi connectivity index (χ2v) is 17.8. The van der Waals surface area contributed by atoms with E-state index in [1.54, 1.807) is 45.8 Å². The summed E-state index contributed by atoms with van der Waals surface area (Å²) < 4.78 is 56.1. The highest BCUT2D eigenvalue weighted by molar-refractivity contribution is 7.53.